The fourth-order valence-corrected chi connectivity index (χ4v) is 1.35. The zero-order valence-corrected chi connectivity index (χ0v) is 3.78. The predicted octanol–water partition coefficient (Wildman–Crippen LogP) is 0.511. The van der Waals surface area contributed by atoms with Crippen LogP contribution in [0.25, 0.3) is 0 Å². The first-order valence-corrected chi connectivity index (χ1v) is 2.73. The SMILES string of the molecule is C1CC2NC2C1. The summed E-state index contributed by atoms with van der Waals surface area (Å²) < 4.78 is 0. The molecule has 2 unspecified atom stereocenters. The predicted molar refractivity (Wildman–Crippen MR) is 24.6 cm³/mol. The van der Waals surface area contributed by atoms with Crippen molar-refractivity contribution in [1.82, 2.24) is 5.32 Å². The van der Waals surface area contributed by atoms with Gasteiger partial charge in [-0.25, -0.2) is 0 Å². The maximum Gasteiger partial charge on any atom is 0.0224 e. The van der Waals surface area contributed by atoms with Crippen LogP contribution in [-0.2, 0) is 0 Å². The molecule has 2 fully saturated rings. The van der Waals surface area contributed by atoms with Gasteiger partial charge < -0.3 is 5.32 Å². The molecule has 0 aromatic heterocycles. The average Bonchev–Trinajstić information content (AvgIpc) is 2.17. The number of nitrogens with one attached hydrogen (secondary N) is 1. The van der Waals surface area contributed by atoms with Crippen molar-refractivity contribution in [2.45, 2.75) is 31.3 Å². The van der Waals surface area contributed by atoms with Crippen molar-refractivity contribution in [2.24, 2.45) is 0 Å². The monoisotopic (exact) mass is 83.1 g/mol. The Hall–Kier alpha value is -0.0400. The van der Waals surface area contributed by atoms with Crippen molar-refractivity contribution in [1.29, 1.82) is 0 Å². The quantitative estimate of drug-likeness (QED) is 0.423. The summed E-state index contributed by atoms with van der Waals surface area (Å²) in [7, 11) is 0. The van der Waals surface area contributed by atoms with E-state index in [1.807, 2.05) is 0 Å². The number of piperidine rings is 1. The highest BCUT2D eigenvalue weighted by atomic mass is 15.2. The lowest BCUT2D eigenvalue weighted by Crippen LogP contribution is -1.88. The average molecular weight is 83.1 g/mol. The number of hydrogen-bond acceptors (Lipinski definition) is 1. The second-order valence-corrected chi connectivity index (χ2v) is 2.31. The second kappa shape index (κ2) is 0.784. The Morgan fingerprint density at radius 3 is 2.00 bits per heavy atom. The minimum absolute atomic E-state index is 0.963. The molecule has 1 heteroatoms. The molecule has 1 nitrogen and oxygen atoms in total. The fourth-order valence-electron chi connectivity index (χ4n) is 1.35. The molecule has 2 rings (SSSR count). The van der Waals surface area contributed by atoms with Crippen molar-refractivity contribution in [3.05, 3.63) is 0 Å². The summed E-state index contributed by atoms with van der Waals surface area (Å²) in [6, 6.07) is 1.93. The summed E-state index contributed by atoms with van der Waals surface area (Å²) in [6.07, 6.45) is 4.37. The van der Waals surface area contributed by atoms with Gasteiger partial charge in [0.15, 0.2) is 0 Å². The van der Waals surface area contributed by atoms with Crippen LogP contribution in [0.2, 0.25) is 0 Å². The van der Waals surface area contributed by atoms with Gasteiger partial charge >= 0.3 is 0 Å². The molecule has 0 spiro atoms. The third-order valence-corrected chi connectivity index (χ3v) is 1.83. The van der Waals surface area contributed by atoms with E-state index in [9.17, 15) is 0 Å². The molecule has 1 saturated carbocycles. The Labute approximate surface area is 37.7 Å². The zero-order valence-electron chi connectivity index (χ0n) is 3.78. The molecule has 1 aliphatic heterocycles. The van der Waals surface area contributed by atoms with Crippen molar-refractivity contribution in [3.8, 4) is 0 Å². The molecule has 2 aliphatic rings. The van der Waals surface area contributed by atoms with E-state index in [4.69, 9.17) is 0 Å². The Bertz CT molecular complexity index is 62.3. The molecule has 0 radical (unpaired) electrons. The Morgan fingerprint density at radius 2 is 1.83 bits per heavy atom. The molecule has 6 heavy (non-hydrogen) atoms. The van der Waals surface area contributed by atoms with Gasteiger partial charge in [0.2, 0.25) is 0 Å². The Kier molecular flexibility index (Phi) is 0.396. The van der Waals surface area contributed by atoms with Crippen molar-refractivity contribution >= 4 is 0 Å². The van der Waals surface area contributed by atoms with E-state index >= 15 is 0 Å². The molecule has 1 N–H and O–H groups in total. The smallest absolute Gasteiger partial charge is 0.0224 e. The van der Waals surface area contributed by atoms with Gasteiger partial charge in [-0.15, -0.1) is 0 Å². The maximum absolute atomic E-state index is 3.37. The highest BCUT2D eigenvalue weighted by Crippen LogP contribution is 2.29. The standard InChI is InChI=1S/C5H9N/c1-2-4-5(3-1)6-4/h4-6H,1-3H2. The molecule has 0 aromatic rings. The maximum atomic E-state index is 3.37. The molecule has 0 aromatic carbocycles. The first kappa shape index (κ1) is 3.03. The van der Waals surface area contributed by atoms with Crippen LogP contribution in [0.1, 0.15) is 19.3 Å². The lowest BCUT2D eigenvalue weighted by molar-refractivity contribution is 0.742. The van der Waals surface area contributed by atoms with E-state index in [1.54, 1.807) is 0 Å². The zero-order chi connectivity index (χ0) is 3.98. The highest BCUT2D eigenvalue weighted by Gasteiger charge is 2.39. The molecule has 0 amide bonds. The van der Waals surface area contributed by atoms with Crippen LogP contribution >= 0.6 is 0 Å². The van der Waals surface area contributed by atoms with E-state index in [0.717, 1.165) is 12.1 Å². The first-order chi connectivity index (χ1) is 2.97. The van der Waals surface area contributed by atoms with E-state index in [2.05, 4.69) is 5.32 Å². The topological polar surface area (TPSA) is 21.9 Å². The fraction of sp³-hybridized carbons (Fsp3) is 1.00. The van der Waals surface area contributed by atoms with Gasteiger partial charge in [0.05, 0.1) is 0 Å². The van der Waals surface area contributed by atoms with Crippen LogP contribution < -0.4 is 5.32 Å². The van der Waals surface area contributed by atoms with E-state index < -0.39 is 0 Å². The Morgan fingerprint density at radius 1 is 1.17 bits per heavy atom. The molecule has 1 saturated heterocycles. The summed E-state index contributed by atoms with van der Waals surface area (Å²) >= 11 is 0. The molecular formula is C5H9N. The number of fused-ring (bicyclic) bond motifs is 1. The van der Waals surface area contributed by atoms with Crippen molar-refractivity contribution in [2.75, 3.05) is 0 Å². The van der Waals surface area contributed by atoms with Crippen LogP contribution in [0.3, 0.4) is 0 Å². The third-order valence-electron chi connectivity index (χ3n) is 1.83. The molecular weight excluding hydrogens is 74.1 g/mol. The molecule has 1 heterocycles. The summed E-state index contributed by atoms with van der Waals surface area (Å²) in [4.78, 5) is 0. The lowest BCUT2D eigenvalue weighted by Gasteiger charge is -1.82. The van der Waals surface area contributed by atoms with Crippen LogP contribution in [0.4, 0.5) is 0 Å². The van der Waals surface area contributed by atoms with Crippen LogP contribution in [0.5, 0.6) is 0 Å². The normalized spacial score (nSPS) is 52.0. The van der Waals surface area contributed by atoms with Gasteiger partial charge in [0.1, 0.15) is 0 Å². The summed E-state index contributed by atoms with van der Waals surface area (Å²) in [5.41, 5.74) is 0. The summed E-state index contributed by atoms with van der Waals surface area (Å²) in [6.45, 7) is 0. The van der Waals surface area contributed by atoms with Crippen molar-refractivity contribution < 1.29 is 0 Å². The third kappa shape index (κ3) is 0.243. The van der Waals surface area contributed by atoms with Gasteiger partial charge in [0.25, 0.3) is 0 Å². The first-order valence-electron chi connectivity index (χ1n) is 2.73. The molecule has 1 aliphatic carbocycles. The van der Waals surface area contributed by atoms with E-state index in [1.165, 1.54) is 19.3 Å². The number of rotatable bonds is 0. The highest BCUT2D eigenvalue weighted by molar-refractivity contribution is 5.02. The van der Waals surface area contributed by atoms with E-state index in [-0.39, 0.29) is 0 Å². The van der Waals surface area contributed by atoms with Crippen LogP contribution in [0.15, 0.2) is 0 Å². The van der Waals surface area contributed by atoms with Crippen LogP contribution in [0, 0.1) is 0 Å². The minimum Gasteiger partial charge on any atom is -0.308 e. The van der Waals surface area contributed by atoms with E-state index in [0.29, 0.717) is 0 Å². The summed E-state index contributed by atoms with van der Waals surface area (Å²) in [5.74, 6) is 0. The van der Waals surface area contributed by atoms with Gasteiger partial charge in [-0.05, 0) is 12.8 Å². The minimum atomic E-state index is 0.963. The largest absolute Gasteiger partial charge is 0.308 e. The second-order valence-electron chi connectivity index (χ2n) is 2.31. The molecule has 34 valence electrons. The molecule has 2 atom stereocenters. The van der Waals surface area contributed by atoms with Crippen LogP contribution in [-0.4, -0.2) is 12.1 Å². The van der Waals surface area contributed by atoms with Gasteiger partial charge in [-0.2, -0.15) is 0 Å². The van der Waals surface area contributed by atoms with Gasteiger partial charge in [-0.3, -0.25) is 0 Å². The van der Waals surface area contributed by atoms with Gasteiger partial charge in [-0.1, -0.05) is 6.42 Å². The number of hydrogen-bond donors (Lipinski definition) is 1. The van der Waals surface area contributed by atoms with Gasteiger partial charge in [0, 0.05) is 12.1 Å². The lowest BCUT2D eigenvalue weighted by atomic mass is 10.3. The summed E-state index contributed by atoms with van der Waals surface area (Å²) in [5, 5.41) is 3.37. The Balaban J connectivity index is 2.09. The van der Waals surface area contributed by atoms with Crippen molar-refractivity contribution in [3.63, 3.8) is 0 Å². The molecule has 0 bridgehead atoms.